The lowest BCUT2D eigenvalue weighted by atomic mass is 10.2. The van der Waals surface area contributed by atoms with Crippen molar-refractivity contribution in [2.24, 2.45) is 0 Å². The molecule has 0 atom stereocenters. The first-order valence-corrected chi connectivity index (χ1v) is 4.17. The van der Waals surface area contributed by atoms with Crippen molar-refractivity contribution in [3.8, 4) is 11.5 Å². The zero-order chi connectivity index (χ0) is 9.72. The molecule has 1 rings (SSSR count). The molecule has 0 heterocycles. The molecule has 0 amide bonds. The third-order valence-corrected chi connectivity index (χ3v) is 1.66. The predicted molar refractivity (Wildman–Crippen MR) is 50.9 cm³/mol. The number of hydrogen-bond donors (Lipinski definition) is 2. The van der Waals surface area contributed by atoms with Gasteiger partial charge in [-0.15, -0.1) is 0 Å². The molecule has 0 aromatic heterocycles. The second-order valence-corrected chi connectivity index (χ2v) is 2.50. The van der Waals surface area contributed by atoms with Crippen molar-refractivity contribution in [1.82, 2.24) is 0 Å². The first-order valence-electron chi connectivity index (χ1n) is 3.79. The lowest BCUT2D eigenvalue weighted by molar-refractivity contribution is 0.403. The highest BCUT2D eigenvalue weighted by Gasteiger charge is 2.01. The monoisotopic (exact) mass is 188 g/mol. The van der Waals surface area contributed by atoms with E-state index >= 15 is 0 Å². The lowest BCUT2D eigenvalue weighted by Crippen LogP contribution is -1.74. The highest BCUT2D eigenvalue weighted by molar-refractivity contribution is 6.31. The molecule has 12 heavy (non-hydrogen) atoms. The third kappa shape index (κ3) is 2.62. The van der Waals surface area contributed by atoms with Crippen molar-refractivity contribution < 1.29 is 10.2 Å². The summed E-state index contributed by atoms with van der Waals surface area (Å²) in [5, 5.41) is 18.3. The molecule has 2 nitrogen and oxygen atoms in total. The van der Waals surface area contributed by atoms with Gasteiger partial charge in [0.1, 0.15) is 0 Å². The molecular formula is C9H13ClO2. The Morgan fingerprint density at radius 2 is 1.50 bits per heavy atom. The molecule has 0 unspecified atom stereocenters. The van der Waals surface area contributed by atoms with Crippen LogP contribution in [-0.4, -0.2) is 10.2 Å². The molecule has 0 aliphatic heterocycles. The minimum absolute atomic E-state index is 0.137. The fourth-order valence-electron chi connectivity index (χ4n) is 0.656. The Morgan fingerprint density at radius 1 is 1.08 bits per heavy atom. The van der Waals surface area contributed by atoms with Crippen LogP contribution in [0.2, 0.25) is 5.02 Å². The Balaban J connectivity index is 0.000000561. The highest BCUT2D eigenvalue weighted by atomic mass is 35.5. The van der Waals surface area contributed by atoms with E-state index in [-0.39, 0.29) is 11.5 Å². The van der Waals surface area contributed by atoms with Crippen LogP contribution in [0, 0.1) is 6.92 Å². The van der Waals surface area contributed by atoms with Gasteiger partial charge in [-0.25, -0.2) is 0 Å². The second kappa shape index (κ2) is 4.88. The standard InChI is InChI=1S/C7H7ClO2.C2H6/c1-4-2-6(9)7(10)3-5(4)8;1-2/h2-3,9-10H,1H3;1-2H3. The average Bonchev–Trinajstić information content (AvgIpc) is 2.05. The molecule has 2 N–H and O–H groups in total. The first-order chi connectivity index (χ1) is 5.61. The van der Waals surface area contributed by atoms with Crippen molar-refractivity contribution in [3.05, 3.63) is 22.7 Å². The van der Waals surface area contributed by atoms with Gasteiger partial charge in [0.2, 0.25) is 0 Å². The Kier molecular flexibility index (Phi) is 4.52. The largest absolute Gasteiger partial charge is 0.504 e. The Labute approximate surface area is 77.4 Å². The van der Waals surface area contributed by atoms with Crippen LogP contribution in [0.4, 0.5) is 0 Å². The van der Waals surface area contributed by atoms with E-state index in [9.17, 15) is 0 Å². The second-order valence-electron chi connectivity index (χ2n) is 2.09. The molecule has 0 saturated heterocycles. The maximum absolute atomic E-state index is 8.92. The molecule has 0 saturated carbocycles. The van der Waals surface area contributed by atoms with Gasteiger partial charge in [-0.3, -0.25) is 0 Å². The van der Waals surface area contributed by atoms with Crippen LogP contribution in [0.5, 0.6) is 11.5 Å². The molecule has 1 aromatic carbocycles. The van der Waals surface area contributed by atoms with E-state index in [1.165, 1.54) is 12.1 Å². The van der Waals surface area contributed by atoms with Crippen molar-refractivity contribution in [3.63, 3.8) is 0 Å². The van der Waals surface area contributed by atoms with Gasteiger partial charge in [0, 0.05) is 11.1 Å². The molecule has 1 aromatic rings. The maximum atomic E-state index is 8.92. The Hall–Kier alpha value is -0.890. The van der Waals surface area contributed by atoms with Crippen LogP contribution in [0.25, 0.3) is 0 Å². The number of aromatic hydroxyl groups is 2. The zero-order valence-corrected chi connectivity index (χ0v) is 8.18. The number of hydrogen-bond acceptors (Lipinski definition) is 2. The van der Waals surface area contributed by atoms with E-state index in [0.717, 1.165) is 5.56 Å². The summed E-state index contributed by atoms with van der Waals surface area (Å²) in [6.07, 6.45) is 0. The van der Waals surface area contributed by atoms with Crippen molar-refractivity contribution in [2.75, 3.05) is 0 Å². The topological polar surface area (TPSA) is 40.5 Å². The van der Waals surface area contributed by atoms with Gasteiger partial charge in [0.05, 0.1) is 0 Å². The molecule has 0 radical (unpaired) electrons. The van der Waals surface area contributed by atoms with Crippen molar-refractivity contribution in [2.45, 2.75) is 20.8 Å². The van der Waals surface area contributed by atoms with Crippen LogP contribution < -0.4 is 0 Å². The van der Waals surface area contributed by atoms with Crippen LogP contribution in [-0.2, 0) is 0 Å². The number of rotatable bonds is 0. The summed E-state index contributed by atoms with van der Waals surface area (Å²) in [6.45, 7) is 5.75. The molecule has 0 bridgehead atoms. The third-order valence-electron chi connectivity index (χ3n) is 1.26. The number of halogens is 1. The van der Waals surface area contributed by atoms with E-state index < -0.39 is 0 Å². The Bertz CT molecular complexity index is 209. The summed E-state index contributed by atoms with van der Waals surface area (Å²) in [4.78, 5) is 0. The van der Waals surface area contributed by atoms with Crippen LogP contribution in [0.15, 0.2) is 12.1 Å². The van der Waals surface area contributed by atoms with Crippen LogP contribution in [0.1, 0.15) is 19.4 Å². The number of aryl methyl sites for hydroxylation is 1. The van der Waals surface area contributed by atoms with Gasteiger partial charge in [-0.1, -0.05) is 25.4 Å². The van der Waals surface area contributed by atoms with Crippen LogP contribution >= 0.6 is 11.6 Å². The molecule has 0 spiro atoms. The summed E-state index contributed by atoms with van der Waals surface area (Å²) in [5.41, 5.74) is 0.747. The number of phenolic OH excluding ortho intramolecular Hbond substituents is 2. The molecule has 0 aliphatic rings. The van der Waals surface area contributed by atoms with E-state index in [1.54, 1.807) is 6.92 Å². The first kappa shape index (κ1) is 11.1. The summed E-state index contributed by atoms with van der Waals surface area (Å²) < 4.78 is 0. The quantitative estimate of drug-likeness (QED) is 0.615. The van der Waals surface area contributed by atoms with Gasteiger partial charge in [-0.2, -0.15) is 0 Å². The zero-order valence-electron chi connectivity index (χ0n) is 7.43. The summed E-state index contributed by atoms with van der Waals surface area (Å²) >= 11 is 5.61. The summed E-state index contributed by atoms with van der Waals surface area (Å²) in [6, 6.07) is 2.73. The van der Waals surface area contributed by atoms with Gasteiger partial charge in [0.15, 0.2) is 11.5 Å². The van der Waals surface area contributed by atoms with Crippen molar-refractivity contribution >= 4 is 11.6 Å². The predicted octanol–water partition coefficient (Wildman–Crippen LogP) is 3.09. The van der Waals surface area contributed by atoms with Crippen molar-refractivity contribution in [1.29, 1.82) is 0 Å². The fourth-order valence-corrected chi connectivity index (χ4v) is 0.814. The smallest absolute Gasteiger partial charge is 0.158 e. The minimum atomic E-state index is -0.185. The molecule has 68 valence electrons. The molecule has 0 fully saturated rings. The van der Waals surface area contributed by atoms with E-state index in [4.69, 9.17) is 21.8 Å². The normalized spacial score (nSPS) is 8.67. The van der Waals surface area contributed by atoms with E-state index in [0.29, 0.717) is 5.02 Å². The highest BCUT2D eigenvalue weighted by Crippen LogP contribution is 2.30. The molecule has 0 aliphatic carbocycles. The van der Waals surface area contributed by atoms with E-state index in [2.05, 4.69) is 0 Å². The maximum Gasteiger partial charge on any atom is 0.158 e. The van der Waals surface area contributed by atoms with Gasteiger partial charge in [0.25, 0.3) is 0 Å². The van der Waals surface area contributed by atoms with Gasteiger partial charge in [-0.05, 0) is 18.6 Å². The summed E-state index contributed by atoms with van der Waals surface area (Å²) in [5.74, 6) is -0.322. The SMILES string of the molecule is CC.Cc1cc(O)c(O)cc1Cl. The lowest BCUT2D eigenvalue weighted by Gasteiger charge is -1.99. The van der Waals surface area contributed by atoms with Crippen LogP contribution in [0.3, 0.4) is 0 Å². The van der Waals surface area contributed by atoms with Gasteiger partial charge >= 0.3 is 0 Å². The fraction of sp³-hybridized carbons (Fsp3) is 0.333. The van der Waals surface area contributed by atoms with E-state index in [1.807, 2.05) is 13.8 Å². The molecular weight excluding hydrogens is 176 g/mol. The minimum Gasteiger partial charge on any atom is -0.504 e. The summed E-state index contributed by atoms with van der Waals surface area (Å²) in [7, 11) is 0. The number of phenols is 2. The Morgan fingerprint density at radius 3 is 1.92 bits per heavy atom. The van der Waals surface area contributed by atoms with Gasteiger partial charge < -0.3 is 10.2 Å². The molecule has 3 heteroatoms. The number of benzene rings is 1. The average molecular weight is 189 g/mol.